The fourth-order valence-corrected chi connectivity index (χ4v) is 2.92. The van der Waals surface area contributed by atoms with E-state index in [-0.39, 0.29) is 6.04 Å². The summed E-state index contributed by atoms with van der Waals surface area (Å²) in [6.07, 6.45) is 2.63. The number of H-pyrrole nitrogens is 1. The highest BCUT2D eigenvalue weighted by atomic mass is 32.2. The second kappa shape index (κ2) is 8.69. The molecule has 6 heteroatoms. The number of para-hydroxylation sites is 1. The highest BCUT2D eigenvalue weighted by molar-refractivity contribution is 7.99. The summed E-state index contributed by atoms with van der Waals surface area (Å²) < 4.78 is 5.75. The minimum absolute atomic E-state index is 0.225. The Bertz CT molecular complexity index is 518. The minimum atomic E-state index is 0.225. The molecule has 0 aliphatic rings. The molecule has 0 aliphatic carbocycles. The highest BCUT2D eigenvalue weighted by Crippen LogP contribution is 2.29. The van der Waals surface area contributed by atoms with E-state index >= 15 is 0 Å². The highest BCUT2D eigenvalue weighted by Gasteiger charge is 2.16. The molecule has 1 aromatic carbocycles. The van der Waals surface area contributed by atoms with Crippen LogP contribution in [0.15, 0.2) is 35.7 Å². The lowest BCUT2D eigenvalue weighted by atomic mass is 10.1. The van der Waals surface area contributed by atoms with Crippen molar-refractivity contribution in [3.05, 3.63) is 36.2 Å². The molecule has 0 amide bonds. The third-order valence-corrected chi connectivity index (χ3v) is 3.98. The van der Waals surface area contributed by atoms with Crippen molar-refractivity contribution in [1.29, 1.82) is 0 Å². The van der Waals surface area contributed by atoms with Crippen molar-refractivity contribution in [2.24, 2.45) is 0 Å². The quantitative estimate of drug-likeness (QED) is 0.697. The first-order valence-corrected chi connectivity index (χ1v) is 8.27. The van der Waals surface area contributed by atoms with Gasteiger partial charge in [-0.05, 0) is 26.0 Å². The predicted molar refractivity (Wildman–Crippen MR) is 85.8 cm³/mol. The molecule has 1 atom stereocenters. The van der Waals surface area contributed by atoms with E-state index in [2.05, 4.69) is 39.6 Å². The Labute approximate surface area is 129 Å². The van der Waals surface area contributed by atoms with Gasteiger partial charge in [0.2, 0.25) is 0 Å². The summed E-state index contributed by atoms with van der Waals surface area (Å²) >= 11 is 1.66. The zero-order valence-electron chi connectivity index (χ0n) is 12.5. The standard InChI is InChI=1S/C15H22N4OS/c1-3-9-16-13(10-21-15-17-11-18-19-15)12-7-5-6-8-14(12)20-4-2/h5-8,11,13,16H,3-4,9-10H2,1-2H3,(H,17,18,19). The van der Waals surface area contributed by atoms with E-state index in [0.29, 0.717) is 6.61 Å². The molecule has 21 heavy (non-hydrogen) atoms. The summed E-state index contributed by atoms with van der Waals surface area (Å²) in [6, 6.07) is 8.44. The van der Waals surface area contributed by atoms with Crippen LogP contribution in [0.4, 0.5) is 0 Å². The predicted octanol–water partition coefficient (Wildman–Crippen LogP) is 3.04. The number of ether oxygens (including phenoxy) is 1. The summed E-state index contributed by atoms with van der Waals surface area (Å²) in [5.74, 6) is 1.83. The number of rotatable bonds is 9. The third-order valence-electron chi connectivity index (χ3n) is 3.01. The van der Waals surface area contributed by atoms with Gasteiger partial charge in [-0.1, -0.05) is 36.9 Å². The SMILES string of the molecule is CCCNC(CSc1ncn[nH]1)c1ccccc1OCC. The van der Waals surface area contributed by atoms with E-state index in [1.807, 2.05) is 19.1 Å². The third kappa shape index (κ3) is 4.75. The summed E-state index contributed by atoms with van der Waals surface area (Å²) in [4.78, 5) is 4.16. The molecular weight excluding hydrogens is 284 g/mol. The number of nitrogens with zero attached hydrogens (tertiary/aromatic N) is 2. The van der Waals surface area contributed by atoms with Crippen LogP contribution >= 0.6 is 11.8 Å². The van der Waals surface area contributed by atoms with Crippen LogP contribution in [0, 0.1) is 0 Å². The van der Waals surface area contributed by atoms with Crippen LogP contribution in [0.2, 0.25) is 0 Å². The van der Waals surface area contributed by atoms with Crippen molar-refractivity contribution >= 4 is 11.8 Å². The Morgan fingerprint density at radius 1 is 1.33 bits per heavy atom. The van der Waals surface area contributed by atoms with Gasteiger partial charge in [0.15, 0.2) is 5.16 Å². The van der Waals surface area contributed by atoms with Gasteiger partial charge >= 0.3 is 0 Å². The summed E-state index contributed by atoms with van der Waals surface area (Å²) in [6.45, 7) is 5.82. The lowest BCUT2D eigenvalue weighted by Crippen LogP contribution is -2.24. The van der Waals surface area contributed by atoms with Gasteiger partial charge in [0.25, 0.3) is 0 Å². The first kappa shape index (κ1) is 15.9. The largest absolute Gasteiger partial charge is 0.494 e. The van der Waals surface area contributed by atoms with E-state index in [1.165, 1.54) is 11.9 Å². The number of thioether (sulfide) groups is 1. The van der Waals surface area contributed by atoms with Crippen molar-refractivity contribution in [2.75, 3.05) is 18.9 Å². The Morgan fingerprint density at radius 2 is 2.19 bits per heavy atom. The van der Waals surface area contributed by atoms with Gasteiger partial charge in [-0.3, -0.25) is 5.10 Å². The molecule has 0 saturated carbocycles. The van der Waals surface area contributed by atoms with Crippen molar-refractivity contribution in [3.8, 4) is 5.75 Å². The Hall–Kier alpha value is -1.53. The van der Waals surface area contributed by atoms with Crippen LogP contribution in [-0.2, 0) is 0 Å². The number of aromatic nitrogens is 3. The van der Waals surface area contributed by atoms with Crippen molar-refractivity contribution in [2.45, 2.75) is 31.5 Å². The molecule has 1 unspecified atom stereocenters. The van der Waals surface area contributed by atoms with Gasteiger partial charge in [-0.15, -0.1) is 0 Å². The van der Waals surface area contributed by atoms with Crippen LogP contribution in [-0.4, -0.2) is 34.1 Å². The average molecular weight is 306 g/mol. The molecule has 0 saturated heterocycles. The summed E-state index contributed by atoms with van der Waals surface area (Å²) in [5, 5.41) is 11.2. The maximum atomic E-state index is 5.75. The molecule has 1 heterocycles. The van der Waals surface area contributed by atoms with Gasteiger partial charge < -0.3 is 10.1 Å². The maximum absolute atomic E-state index is 5.75. The molecule has 114 valence electrons. The zero-order chi connectivity index (χ0) is 14.9. The lowest BCUT2D eigenvalue weighted by Gasteiger charge is -2.21. The molecule has 2 N–H and O–H groups in total. The van der Waals surface area contributed by atoms with Gasteiger partial charge in [0.1, 0.15) is 12.1 Å². The van der Waals surface area contributed by atoms with Gasteiger partial charge in [-0.25, -0.2) is 4.98 Å². The lowest BCUT2D eigenvalue weighted by molar-refractivity contribution is 0.332. The number of benzene rings is 1. The molecule has 0 bridgehead atoms. The molecule has 5 nitrogen and oxygen atoms in total. The Morgan fingerprint density at radius 3 is 2.90 bits per heavy atom. The fraction of sp³-hybridized carbons (Fsp3) is 0.467. The smallest absolute Gasteiger partial charge is 0.183 e. The van der Waals surface area contributed by atoms with Crippen molar-refractivity contribution in [3.63, 3.8) is 0 Å². The van der Waals surface area contributed by atoms with E-state index < -0.39 is 0 Å². The number of hydrogen-bond acceptors (Lipinski definition) is 5. The molecular formula is C15H22N4OS. The molecule has 2 aromatic rings. The maximum Gasteiger partial charge on any atom is 0.183 e. The first-order valence-electron chi connectivity index (χ1n) is 7.28. The van der Waals surface area contributed by atoms with Crippen molar-refractivity contribution < 1.29 is 4.74 Å². The summed E-state index contributed by atoms with van der Waals surface area (Å²) in [7, 11) is 0. The topological polar surface area (TPSA) is 62.8 Å². The molecule has 1 aromatic heterocycles. The van der Waals surface area contributed by atoms with E-state index in [4.69, 9.17) is 4.74 Å². The van der Waals surface area contributed by atoms with Crippen LogP contribution in [0.5, 0.6) is 5.75 Å². The van der Waals surface area contributed by atoms with Gasteiger partial charge in [-0.2, -0.15) is 5.10 Å². The van der Waals surface area contributed by atoms with E-state index in [9.17, 15) is 0 Å². The number of nitrogens with one attached hydrogen (secondary N) is 2. The van der Waals surface area contributed by atoms with Crippen LogP contribution in [0.3, 0.4) is 0 Å². The summed E-state index contributed by atoms with van der Waals surface area (Å²) in [5.41, 5.74) is 1.19. The molecule has 2 rings (SSSR count). The van der Waals surface area contributed by atoms with Gasteiger partial charge in [0.05, 0.1) is 6.61 Å². The minimum Gasteiger partial charge on any atom is -0.494 e. The monoisotopic (exact) mass is 306 g/mol. The van der Waals surface area contributed by atoms with Crippen LogP contribution < -0.4 is 10.1 Å². The Balaban J connectivity index is 2.10. The fourth-order valence-electron chi connectivity index (χ4n) is 2.06. The second-order valence-electron chi connectivity index (χ2n) is 4.58. The van der Waals surface area contributed by atoms with Crippen LogP contribution in [0.25, 0.3) is 0 Å². The van der Waals surface area contributed by atoms with Gasteiger partial charge in [0, 0.05) is 17.4 Å². The number of aromatic amines is 1. The molecule has 0 spiro atoms. The first-order chi connectivity index (χ1) is 10.3. The molecule has 0 fully saturated rings. The van der Waals surface area contributed by atoms with Crippen molar-refractivity contribution in [1.82, 2.24) is 20.5 Å². The second-order valence-corrected chi connectivity index (χ2v) is 5.59. The molecule has 0 aliphatic heterocycles. The van der Waals surface area contributed by atoms with E-state index in [1.54, 1.807) is 11.8 Å². The van der Waals surface area contributed by atoms with Crippen LogP contribution in [0.1, 0.15) is 31.9 Å². The number of hydrogen-bond donors (Lipinski definition) is 2. The zero-order valence-corrected chi connectivity index (χ0v) is 13.3. The van der Waals surface area contributed by atoms with E-state index in [0.717, 1.165) is 29.6 Å². The molecule has 0 radical (unpaired) electrons. The Kier molecular flexibility index (Phi) is 6.56. The normalized spacial score (nSPS) is 12.3. The average Bonchev–Trinajstić information content (AvgIpc) is 3.02.